The van der Waals surface area contributed by atoms with Gasteiger partial charge in [-0.15, -0.1) is 5.10 Å². The summed E-state index contributed by atoms with van der Waals surface area (Å²) in [5.74, 6) is 0.0289. The highest BCUT2D eigenvalue weighted by molar-refractivity contribution is 7.93. The van der Waals surface area contributed by atoms with Crippen LogP contribution in [0.1, 0.15) is 29.3 Å². The molecule has 5 aromatic rings. The fraction of sp³-hybridized carbons (Fsp3) is 0.200. The first-order chi connectivity index (χ1) is 19.8. The van der Waals surface area contributed by atoms with Crippen molar-refractivity contribution in [3.63, 3.8) is 0 Å². The van der Waals surface area contributed by atoms with Gasteiger partial charge >= 0.3 is 0 Å². The van der Waals surface area contributed by atoms with Crippen LogP contribution in [0.15, 0.2) is 90.3 Å². The van der Waals surface area contributed by atoms with Gasteiger partial charge in [-0.05, 0) is 62.6 Å². The Hall–Kier alpha value is -4.77. The molecule has 0 saturated heterocycles. The van der Waals surface area contributed by atoms with Crippen LogP contribution in [0.2, 0.25) is 0 Å². The molecule has 10 nitrogen and oxygen atoms in total. The summed E-state index contributed by atoms with van der Waals surface area (Å²) < 4.78 is 37.7. The third-order valence-corrected chi connectivity index (χ3v) is 8.96. The quantitative estimate of drug-likeness (QED) is 0.293. The lowest BCUT2D eigenvalue weighted by molar-refractivity contribution is -0.120. The van der Waals surface area contributed by atoms with Crippen molar-refractivity contribution in [3.8, 4) is 22.7 Å². The van der Waals surface area contributed by atoms with Crippen LogP contribution >= 0.6 is 0 Å². The first kappa shape index (κ1) is 26.5. The Labute approximate surface area is 237 Å². The Morgan fingerprint density at radius 3 is 2.46 bits per heavy atom. The molecule has 0 bridgehead atoms. The van der Waals surface area contributed by atoms with E-state index in [4.69, 9.17) is 4.74 Å². The SMILES string of the molecule is COc1cc(-c2cn(C3CCc4ccccc4N(S(=O)(=O)c4ccc(C)cc4)C3=O)nn2)ccc1-n1cnc(C)c1. The zero-order valence-corrected chi connectivity index (χ0v) is 23.6. The van der Waals surface area contributed by atoms with Crippen LogP contribution in [0.4, 0.5) is 5.69 Å². The topological polar surface area (TPSA) is 112 Å². The Bertz CT molecular complexity index is 1860. The fourth-order valence-electron chi connectivity index (χ4n) is 5.06. The number of aromatic nitrogens is 5. The minimum absolute atomic E-state index is 0.0476. The number of ether oxygens (including phenoxy) is 1. The van der Waals surface area contributed by atoms with Crippen molar-refractivity contribution in [1.29, 1.82) is 0 Å². The summed E-state index contributed by atoms with van der Waals surface area (Å²) >= 11 is 0. The first-order valence-corrected chi connectivity index (χ1v) is 14.6. The summed E-state index contributed by atoms with van der Waals surface area (Å²) in [7, 11) is -2.60. The molecule has 2 aromatic heterocycles. The van der Waals surface area contributed by atoms with Crippen LogP contribution in [0.3, 0.4) is 0 Å². The van der Waals surface area contributed by atoms with Crippen molar-refractivity contribution in [3.05, 3.63) is 102 Å². The minimum Gasteiger partial charge on any atom is -0.495 e. The Balaban J connectivity index is 1.37. The van der Waals surface area contributed by atoms with Gasteiger partial charge in [-0.3, -0.25) is 4.79 Å². The van der Waals surface area contributed by atoms with Crippen LogP contribution in [0.5, 0.6) is 5.75 Å². The third kappa shape index (κ3) is 4.78. The number of benzene rings is 3. The average Bonchev–Trinajstić information content (AvgIpc) is 3.60. The van der Waals surface area contributed by atoms with Gasteiger partial charge < -0.3 is 9.30 Å². The smallest absolute Gasteiger partial charge is 0.270 e. The highest BCUT2D eigenvalue weighted by Gasteiger charge is 2.40. The van der Waals surface area contributed by atoms with Crippen molar-refractivity contribution >= 4 is 21.6 Å². The maximum atomic E-state index is 14.1. The molecule has 0 fully saturated rings. The Kier molecular flexibility index (Phi) is 6.66. The monoisotopic (exact) mass is 568 g/mol. The van der Waals surface area contributed by atoms with Gasteiger partial charge in [0.15, 0.2) is 0 Å². The van der Waals surface area contributed by atoms with Crippen molar-refractivity contribution in [2.45, 2.75) is 37.6 Å². The number of anilines is 1. The van der Waals surface area contributed by atoms with E-state index in [1.54, 1.807) is 43.9 Å². The molecule has 3 heterocycles. The number of hydrogen-bond acceptors (Lipinski definition) is 7. The Morgan fingerprint density at radius 2 is 1.73 bits per heavy atom. The molecule has 0 aliphatic carbocycles. The molecule has 1 atom stereocenters. The second kappa shape index (κ2) is 10.3. The van der Waals surface area contributed by atoms with Crippen LogP contribution in [0, 0.1) is 13.8 Å². The first-order valence-electron chi connectivity index (χ1n) is 13.1. The van der Waals surface area contributed by atoms with Crippen LogP contribution in [-0.2, 0) is 21.2 Å². The predicted molar refractivity (Wildman–Crippen MR) is 154 cm³/mol. The molecule has 3 aromatic carbocycles. The molecule has 1 aliphatic rings. The maximum absolute atomic E-state index is 14.1. The molecule has 1 amide bonds. The summed E-state index contributed by atoms with van der Waals surface area (Å²) in [4.78, 5) is 18.4. The molecular weight excluding hydrogens is 540 g/mol. The molecule has 208 valence electrons. The highest BCUT2D eigenvalue weighted by atomic mass is 32.2. The number of hydrogen-bond donors (Lipinski definition) is 0. The maximum Gasteiger partial charge on any atom is 0.270 e. The van der Waals surface area contributed by atoms with E-state index in [1.165, 1.54) is 16.8 Å². The van der Waals surface area contributed by atoms with Gasteiger partial charge in [0.2, 0.25) is 0 Å². The second-order valence-electron chi connectivity index (χ2n) is 10.00. The number of carbonyl (C=O) groups is 1. The second-order valence-corrected chi connectivity index (χ2v) is 11.8. The molecule has 0 N–H and O–H groups in total. The number of fused-ring (bicyclic) bond motifs is 1. The largest absolute Gasteiger partial charge is 0.495 e. The van der Waals surface area contributed by atoms with E-state index < -0.39 is 22.0 Å². The molecule has 0 saturated carbocycles. The minimum atomic E-state index is -4.19. The lowest BCUT2D eigenvalue weighted by atomic mass is 10.1. The number of rotatable bonds is 6. The van der Waals surface area contributed by atoms with Crippen molar-refractivity contribution in [2.75, 3.05) is 11.4 Å². The summed E-state index contributed by atoms with van der Waals surface area (Å²) in [6, 6.07) is 18.3. The lowest BCUT2D eigenvalue weighted by Crippen LogP contribution is -2.41. The van der Waals surface area contributed by atoms with Gasteiger partial charge in [-0.2, -0.15) is 0 Å². The van der Waals surface area contributed by atoms with E-state index in [-0.39, 0.29) is 4.90 Å². The van der Waals surface area contributed by atoms with Gasteiger partial charge in [0.1, 0.15) is 17.5 Å². The van der Waals surface area contributed by atoms with Crippen molar-refractivity contribution < 1.29 is 17.9 Å². The van der Waals surface area contributed by atoms with Crippen molar-refractivity contribution in [2.24, 2.45) is 0 Å². The van der Waals surface area contributed by atoms with Gasteiger partial charge in [0, 0.05) is 11.8 Å². The van der Waals surface area contributed by atoms with E-state index in [9.17, 15) is 13.2 Å². The van der Waals surface area contributed by atoms with Crippen LogP contribution in [-0.4, -0.2) is 46.0 Å². The van der Waals surface area contributed by atoms with Gasteiger partial charge in [-0.1, -0.05) is 47.2 Å². The van der Waals surface area contributed by atoms with Gasteiger partial charge in [0.25, 0.3) is 15.9 Å². The zero-order chi connectivity index (χ0) is 28.7. The summed E-state index contributed by atoms with van der Waals surface area (Å²) in [5, 5.41) is 8.61. The van der Waals surface area contributed by atoms with E-state index in [0.717, 1.165) is 32.4 Å². The third-order valence-electron chi connectivity index (χ3n) is 7.24. The standard InChI is InChI=1S/C30H28N6O4S/c1-20-8-12-24(13-9-20)41(38,39)36-26-7-5-4-6-22(26)10-15-28(30(36)37)35-18-25(32-33-35)23-11-14-27(29(16-23)40-3)34-17-21(2)31-19-34/h4-9,11-14,16-19,28H,10,15H2,1-3H3. The molecule has 41 heavy (non-hydrogen) atoms. The molecule has 1 unspecified atom stereocenters. The number of imidazole rings is 1. The van der Waals surface area contributed by atoms with E-state index in [2.05, 4.69) is 15.3 Å². The highest BCUT2D eigenvalue weighted by Crippen LogP contribution is 2.36. The summed E-state index contributed by atoms with van der Waals surface area (Å²) in [5.41, 5.74) is 5.02. The lowest BCUT2D eigenvalue weighted by Gasteiger charge is -2.25. The van der Waals surface area contributed by atoms with Crippen LogP contribution in [0.25, 0.3) is 16.9 Å². The van der Waals surface area contributed by atoms with Crippen molar-refractivity contribution in [1.82, 2.24) is 24.5 Å². The normalized spacial score (nSPS) is 15.4. The molecule has 6 rings (SSSR count). The van der Waals surface area contributed by atoms with Gasteiger partial charge in [0.05, 0.1) is 41.6 Å². The average molecular weight is 569 g/mol. The molecule has 1 aliphatic heterocycles. The number of amides is 1. The molecular formula is C30H28N6O4S. The Morgan fingerprint density at radius 1 is 0.951 bits per heavy atom. The molecule has 0 spiro atoms. The number of sulfonamides is 1. The summed E-state index contributed by atoms with van der Waals surface area (Å²) in [6.07, 6.45) is 6.15. The number of nitrogens with zero attached hydrogens (tertiary/aromatic N) is 6. The van der Waals surface area contributed by atoms with E-state index >= 15 is 0 Å². The van der Waals surface area contributed by atoms with E-state index in [0.29, 0.717) is 30.0 Å². The fourth-order valence-corrected chi connectivity index (χ4v) is 6.55. The zero-order valence-electron chi connectivity index (χ0n) is 22.8. The number of methoxy groups -OCH3 is 1. The number of para-hydroxylation sites is 1. The van der Waals surface area contributed by atoms with Gasteiger partial charge in [-0.25, -0.2) is 22.4 Å². The van der Waals surface area contributed by atoms with E-state index in [1.807, 2.05) is 54.9 Å². The van der Waals surface area contributed by atoms with Crippen LogP contribution < -0.4 is 9.04 Å². The summed E-state index contributed by atoms with van der Waals surface area (Å²) in [6.45, 7) is 3.79. The molecule has 0 radical (unpaired) electrons. The number of aryl methyl sites for hydroxylation is 3. The predicted octanol–water partition coefficient (Wildman–Crippen LogP) is 4.67. The molecule has 11 heteroatoms. The number of carbonyl (C=O) groups excluding carboxylic acids is 1.